The molecule has 0 saturated carbocycles. The first-order valence-electron chi connectivity index (χ1n) is 7.21. The maximum atomic E-state index is 12.0. The number of hydrogen-bond donors (Lipinski definition) is 1. The number of alkyl halides is 1. The number of hydrogen-bond acceptors (Lipinski definition) is 1. The summed E-state index contributed by atoms with van der Waals surface area (Å²) in [5.74, 6) is 0.0450. The van der Waals surface area contributed by atoms with Gasteiger partial charge in [0.2, 0.25) is 0 Å². The van der Waals surface area contributed by atoms with Gasteiger partial charge >= 0.3 is 0 Å². The molecule has 0 bridgehead atoms. The highest BCUT2D eigenvalue weighted by atomic mass is 79.9. The summed E-state index contributed by atoms with van der Waals surface area (Å²) in [6, 6.07) is 7.73. The van der Waals surface area contributed by atoms with Gasteiger partial charge in [-0.3, -0.25) is 4.79 Å². The third-order valence-electron chi connectivity index (χ3n) is 3.22. The van der Waals surface area contributed by atoms with Crippen LogP contribution in [0.3, 0.4) is 0 Å². The number of nitrogens with one attached hydrogen (secondary N) is 1. The molecule has 0 spiro atoms. The zero-order valence-corrected chi connectivity index (χ0v) is 13.3. The van der Waals surface area contributed by atoms with Crippen molar-refractivity contribution in [3.8, 4) is 0 Å². The van der Waals surface area contributed by atoms with Gasteiger partial charge in [-0.1, -0.05) is 73.2 Å². The second-order valence-corrected chi connectivity index (χ2v) is 5.38. The number of benzene rings is 1. The number of carbonyl (C=O) groups is 1. The average Bonchev–Trinajstić information content (AvgIpc) is 2.46. The molecule has 0 aliphatic carbocycles. The lowest BCUT2D eigenvalue weighted by Crippen LogP contribution is -2.25. The van der Waals surface area contributed by atoms with Crippen LogP contribution in [0.1, 0.15) is 61.4 Å². The third-order valence-corrected chi connectivity index (χ3v) is 3.83. The molecule has 0 saturated heterocycles. The minimum atomic E-state index is 0.0450. The maximum absolute atomic E-state index is 12.0. The van der Waals surface area contributed by atoms with Crippen molar-refractivity contribution in [2.75, 3.05) is 6.54 Å². The van der Waals surface area contributed by atoms with E-state index in [2.05, 4.69) is 28.2 Å². The highest BCUT2D eigenvalue weighted by Gasteiger charge is 2.08. The summed E-state index contributed by atoms with van der Waals surface area (Å²) in [7, 11) is 0. The number of rotatable bonds is 9. The van der Waals surface area contributed by atoms with E-state index in [1.807, 2.05) is 24.3 Å². The zero-order chi connectivity index (χ0) is 13.9. The normalized spacial score (nSPS) is 10.4. The molecule has 0 radical (unpaired) electrons. The largest absolute Gasteiger partial charge is 0.352 e. The summed E-state index contributed by atoms with van der Waals surface area (Å²) in [6.45, 7) is 3.00. The molecule has 106 valence electrons. The second-order valence-electron chi connectivity index (χ2n) is 4.81. The predicted molar refractivity (Wildman–Crippen MR) is 84.8 cm³/mol. The van der Waals surface area contributed by atoms with Gasteiger partial charge in [0.25, 0.3) is 5.91 Å². The van der Waals surface area contributed by atoms with Crippen LogP contribution in [0.4, 0.5) is 0 Å². The van der Waals surface area contributed by atoms with Crippen LogP contribution in [0, 0.1) is 0 Å². The Morgan fingerprint density at radius 1 is 1.11 bits per heavy atom. The Morgan fingerprint density at radius 2 is 1.79 bits per heavy atom. The summed E-state index contributed by atoms with van der Waals surface area (Å²) >= 11 is 3.41. The Bertz CT molecular complexity index is 379. The van der Waals surface area contributed by atoms with Crippen LogP contribution in [0.5, 0.6) is 0 Å². The zero-order valence-electron chi connectivity index (χ0n) is 11.8. The standard InChI is InChI=1S/C16H24BrNO/c1-2-3-4-5-6-9-12-18-16(19)15-11-8-7-10-14(15)13-17/h7-8,10-11H,2-6,9,12-13H2,1H3,(H,18,19). The monoisotopic (exact) mass is 325 g/mol. The molecule has 0 fully saturated rings. The average molecular weight is 326 g/mol. The van der Waals surface area contributed by atoms with Gasteiger partial charge in [-0.25, -0.2) is 0 Å². The van der Waals surface area contributed by atoms with Gasteiger partial charge in [0.15, 0.2) is 0 Å². The topological polar surface area (TPSA) is 29.1 Å². The van der Waals surface area contributed by atoms with Gasteiger partial charge in [-0.15, -0.1) is 0 Å². The van der Waals surface area contributed by atoms with Crippen molar-refractivity contribution in [2.45, 2.75) is 50.8 Å². The van der Waals surface area contributed by atoms with Crippen molar-refractivity contribution in [1.29, 1.82) is 0 Å². The molecule has 0 atom stereocenters. The van der Waals surface area contributed by atoms with Gasteiger partial charge in [-0.2, -0.15) is 0 Å². The van der Waals surface area contributed by atoms with E-state index < -0.39 is 0 Å². The number of carbonyl (C=O) groups excluding carboxylic acids is 1. The SMILES string of the molecule is CCCCCCCCNC(=O)c1ccccc1CBr. The van der Waals surface area contributed by atoms with Gasteiger partial charge in [0.1, 0.15) is 0 Å². The number of amides is 1. The molecule has 0 aromatic heterocycles. The minimum Gasteiger partial charge on any atom is -0.352 e. The molecule has 0 aliphatic heterocycles. The van der Waals surface area contributed by atoms with E-state index in [9.17, 15) is 4.79 Å². The van der Waals surface area contributed by atoms with Crippen molar-refractivity contribution in [1.82, 2.24) is 5.32 Å². The predicted octanol–water partition coefficient (Wildman–Crippen LogP) is 4.67. The third kappa shape index (κ3) is 6.24. The summed E-state index contributed by atoms with van der Waals surface area (Å²) in [5.41, 5.74) is 1.83. The van der Waals surface area contributed by atoms with Crippen LogP contribution in [0.15, 0.2) is 24.3 Å². The second kappa shape index (κ2) is 10.0. The minimum absolute atomic E-state index is 0.0450. The molecule has 0 unspecified atom stereocenters. The molecule has 19 heavy (non-hydrogen) atoms. The molecule has 1 amide bonds. The van der Waals surface area contributed by atoms with Crippen LogP contribution in [0.2, 0.25) is 0 Å². The van der Waals surface area contributed by atoms with E-state index in [1.165, 1.54) is 32.1 Å². The first-order chi connectivity index (χ1) is 9.29. The van der Waals surface area contributed by atoms with Gasteiger partial charge in [-0.05, 0) is 18.1 Å². The first kappa shape index (κ1) is 16.2. The summed E-state index contributed by atoms with van der Waals surface area (Å²) in [6.07, 6.45) is 7.48. The smallest absolute Gasteiger partial charge is 0.251 e. The lowest BCUT2D eigenvalue weighted by atomic mass is 10.1. The van der Waals surface area contributed by atoms with E-state index >= 15 is 0 Å². The van der Waals surface area contributed by atoms with Crippen molar-refractivity contribution >= 4 is 21.8 Å². The number of halogens is 1. The van der Waals surface area contributed by atoms with E-state index in [0.717, 1.165) is 24.1 Å². The summed E-state index contributed by atoms with van der Waals surface area (Å²) < 4.78 is 0. The van der Waals surface area contributed by atoms with Gasteiger partial charge < -0.3 is 5.32 Å². The maximum Gasteiger partial charge on any atom is 0.251 e. The van der Waals surface area contributed by atoms with E-state index in [4.69, 9.17) is 0 Å². The lowest BCUT2D eigenvalue weighted by molar-refractivity contribution is 0.0952. The van der Waals surface area contributed by atoms with Crippen LogP contribution < -0.4 is 5.32 Å². The quantitative estimate of drug-likeness (QED) is 0.518. The fourth-order valence-electron chi connectivity index (χ4n) is 2.06. The Morgan fingerprint density at radius 3 is 2.53 bits per heavy atom. The molecule has 1 rings (SSSR count). The fraction of sp³-hybridized carbons (Fsp3) is 0.562. The van der Waals surface area contributed by atoms with E-state index in [-0.39, 0.29) is 5.91 Å². The molecule has 1 aromatic rings. The molecule has 3 heteroatoms. The van der Waals surface area contributed by atoms with Crippen LogP contribution in [-0.4, -0.2) is 12.5 Å². The molecule has 1 N–H and O–H groups in total. The van der Waals surface area contributed by atoms with E-state index in [1.54, 1.807) is 0 Å². The van der Waals surface area contributed by atoms with Crippen LogP contribution >= 0.6 is 15.9 Å². The highest BCUT2D eigenvalue weighted by molar-refractivity contribution is 9.08. The summed E-state index contributed by atoms with van der Waals surface area (Å²) in [4.78, 5) is 12.0. The molecule has 0 aliphatic rings. The Hall–Kier alpha value is -0.830. The van der Waals surface area contributed by atoms with Crippen LogP contribution in [-0.2, 0) is 5.33 Å². The van der Waals surface area contributed by atoms with Crippen molar-refractivity contribution in [3.05, 3.63) is 35.4 Å². The Labute approximate surface area is 125 Å². The molecule has 2 nitrogen and oxygen atoms in total. The van der Waals surface area contributed by atoms with Crippen molar-refractivity contribution < 1.29 is 4.79 Å². The van der Waals surface area contributed by atoms with E-state index in [0.29, 0.717) is 5.33 Å². The summed E-state index contributed by atoms with van der Waals surface area (Å²) in [5, 5.41) is 3.72. The van der Waals surface area contributed by atoms with Crippen LogP contribution in [0.25, 0.3) is 0 Å². The Balaban J connectivity index is 2.24. The van der Waals surface area contributed by atoms with Crippen molar-refractivity contribution in [2.24, 2.45) is 0 Å². The highest BCUT2D eigenvalue weighted by Crippen LogP contribution is 2.12. The molecular formula is C16H24BrNO. The molecule has 1 aromatic carbocycles. The first-order valence-corrected chi connectivity index (χ1v) is 8.33. The lowest BCUT2D eigenvalue weighted by Gasteiger charge is -2.08. The van der Waals surface area contributed by atoms with Crippen molar-refractivity contribution in [3.63, 3.8) is 0 Å². The molecular weight excluding hydrogens is 302 g/mol. The number of unbranched alkanes of at least 4 members (excludes halogenated alkanes) is 5. The Kier molecular flexibility index (Phi) is 8.55. The van der Waals surface area contributed by atoms with Gasteiger partial charge in [0.05, 0.1) is 0 Å². The fourth-order valence-corrected chi connectivity index (χ4v) is 2.55. The molecule has 0 heterocycles. The van der Waals surface area contributed by atoms with Gasteiger partial charge in [0, 0.05) is 17.4 Å².